The number of hydrogen-bond acceptors (Lipinski definition) is 4. The SMILES string of the molecule is C[C@@H](OC(=O)c1sc2cc(F)ccc2c1Cl)C(=O)Nc1c(F)cccc1F. The molecule has 27 heavy (non-hydrogen) atoms. The van der Waals surface area contributed by atoms with Crippen molar-refractivity contribution in [2.45, 2.75) is 13.0 Å². The number of carbonyl (C=O) groups excluding carboxylic acids is 2. The molecule has 0 fully saturated rings. The van der Waals surface area contributed by atoms with Crippen LogP contribution in [0.15, 0.2) is 36.4 Å². The molecule has 3 aromatic rings. The Kier molecular flexibility index (Phi) is 5.38. The molecule has 2 aromatic carbocycles. The van der Waals surface area contributed by atoms with Gasteiger partial charge in [0.1, 0.15) is 28.0 Å². The molecule has 1 heterocycles. The van der Waals surface area contributed by atoms with E-state index in [1.54, 1.807) is 0 Å². The van der Waals surface area contributed by atoms with Crippen LogP contribution in [-0.4, -0.2) is 18.0 Å². The Morgan fingerprint density at radius 2 is 1.81 bits per heavy atom. The van der Waals surface area contributed by atoms with Crippen molar-refractivity contribution in [3.05, 3.63) is 63.7 Å². The second-order valence-electron chi connectivity index (χ2n) is 5.52. The van der Waals surface area contributed by atoms with E-state index in [0.717, 1.165) is 29.5 Å². The highest BCUT2D eigenvalue weighted by Crippen LogP contribution is 2.36. The quantitative estimate of drug-likeness (QED) is 0.601. The molecule has 140 valence electrons. The van der Waals surface area contributed by atoms with Gasteiger partial charge in [-0.3, -0.25) is 4.79 Å². The fourth-order valence-corrected chi connectivity index (χ4v) is 3.70. The van der Waals surface area contributed by atoms with Crippen LogP contribution in [0.5, 0.6) is 0 Å². The Morgan fingerprint density at radius 3 is 2.48 bits per heavy atom. The number of hydrogen-bond donors (Lipinski definition) is 1. The summed E-state index contributed by atoms with van der Waals surface area (Å²) in [5.41, 5.74) is -0.638. The third-order valence-electron chi connectivity index (χ3n) is 3.64. The number of fused-ring (bicyclic) bond motifs is 1. The van der Waals surface area contributed by atoms with E-state index in [2.05, 4.69) is 0 Å². The minimum absolute atomic E-state index is 0.00557. The lowest BCUT2D eigenvalue weighted by atomic mass is 10.2. The van der Waals surface area contributed by atoms with Crippen LogP contribution in [0.1, 0.15) is 16.6 Å². The molecule has 0 bridgehead atoms. The maximum atomic E-state index is 13.6. The number of carbonyl (C=O) groups is 2. The number of ether oxygens (including phenoxy) is 1. The van der Waals surface area contributed by atoms with Crippen LogP contribution in [0.25, 0.3) is 10.1 Å². The van der Waals surface area contributed by atoms with Crippen molar-refractivity contribution >= 4 is 50.6 Å². The van der Waals surface area contributed by atoms with Gasteiger partial charge in [0.15, 0.2) is 6.10 Å². The van der Waals surface area contributed by atoms with Gasteiger partial charge in [0.25, 0.3) is 5.91 Å². The van der Waals surface area contributed by atoms with Crippen LogP contribution in [-0.2, 0) is 9.53 Å². The van der Waals surface area contributed by atoms with Crippen LogP contribution in [0.4, 0.5) is 18.9 Å². The molecule has 1 aromatic heterocycles. The minimum atomic E-state index is -1.35. The van der Waals surface area contributed by atoms with Gasteiger partial charge >= 0.3 is 5.97 Å². The van der Waals surface area contributed by atoms with Crippen LogP contribution in [0.3, 0.4) is 0 Å². The van der Waals surface area contributed by atoms with Crippen molar-refractivity contribution in [2.75, 3.05) is 5.32 Å². The van der Waals surface area contributed by atoms with E-state index >= 15 is 0 Å². The highest BCUT2D eigenvalue weighted by atomic mass is 35.5. The lowest BCUT2D eigenvalue weighted by Crippen LogP contribution is -2.30. The van der Waals surface area contributed by atoms with Gasteiger partial charge in [-0.1, -0.05) is 17.7 Å². The monoisotopic (exact) mass is 413 g/mol. The molecular formula is C18H11ClF3NO3S. The molecule has 1 N–H and O–H groups in total. The Hall–Kier alpha value is -2.58. The molecular weight excluding hydrogens is 403 g/mol. The van der Waals surface area contributed by atoms with Crippen molar-refractivity contribution in [1.29, 1.82) is 0 Å². The van der Waals surface area contributed by atoms with Gasteiger partial charge in [-0.2, -0.15) is 0 Å². The first-order valence-electron chi connectivity index (χ1n) is 7.61. The molecule has 1 atom stereocenters. The molecule has 0 aliphatic heterocycles. The molecule has 0 aliphatic rings. The largest absolute Gasteiger partial charge is 0.448 e. The van der Waals surface area contributed by atoms with Crippen LogP contribution in [0.2, 0.25) is 5.02 Å². The summed E-state index contributed by atoms with van der Waals surface area (Å²) in [5.74, 6) is -4.23. The van der Waals surface area contributed by atoms with E-state index in [4.69, 9.17) is 16.3 Å². The van der Waals surface area contributed by atoms with Crippen LogP contribution in [0, 0.1) is 17.5 Å². The Bertz CT molecular complexity index is 1030. The number of thiophene rings is 1. The number of rotatable bonds is 4. The summed E-state index contributed by atoms with van der Waals surface area (Å²) in [6.45, 7) is 1.24. The minimum Gasteiger partial charge on any atom is -0.448 e. The Balaban J connectivity index is 1.75. The maximum Gasteiger partial charge on any atom is 0.350 e. The zero-order valence-electron chi connectivity index (χ0n) is 13.7. The molecule has 0 unspecified atom stereocenters. The fourth-order valence-electron chi connectivity index (χ4n) is 2.28. The molecule has 0 aliphatic carbocycles. The standard InChI is InChI=1S/C18H11ClF3NO3S/c1-8(17(24)23-15-11(21)3-2-4-12(15)22)26-18(25)16-14(19)10-6-5-9(20)7-13(10)27-16/h2-8H,1H3,(H,23,24)/t8-/m1/s1. The predicted octanol–water partition coefficient (Wildman–Crippen LogP) is 5.16. The van der Waals surface area contributed by atoms with E-state index < -0.39 is 41.1 Å². The van der Waals surface area contributed by atoms with E-state index in [9.17, 15) is 22.8 Å². The number of esters is 1. The van der Waals surface area contributed by atoms with E-state index in [1.165, 1.54) is 25.1 Å². The molecule has 1 amide bonds. The Labute approximate surface area is 160 Å². The Morgan fingerprint density at radius 1 is 1.15 bits per heavy atom. The number of anilines is 1. The van der Waals surface area contributed by atoms with Crippen molar-refractivity contribution in [1.82, 2.24) is 0 Å². The van der Waals surface area contributed by atoms with Gasteiger partial charge in [-0.05, 0) is 37.3 Å². The zero-order chi connectivity index (χ0) is 19.7. The number of nitrogens with one attached hydrogen (secondary N) is 1. The first-order chi connectivity index (χ1) is 12.8. The predicted molar refractivity (Wildman–Crippen MR) is 96.7 cm³/mol. The van der Waals surface area contributed by atoms with E-state index in [-0.39, 0.29) is 9.90 Å². The van der Waals surface area contributed by atoms with Gasteiger partial charge in [-0.25, -0.2) is 18.0 Å². The maximum absolute atomic E-state index is 13.6. The van der Waals surface area contributed by atoms with Gasteiger partial charge in [0.2, 0.25) is 0 Å². The first-order valence-corrected chi connectivity index (χ1v) is 8.80. The topological polar surface area (TPSA) is 55.4 Å². The molecule has 4 nitrogen and oxygen atoms in total. The molecule has 0 radical (unpaired) electrons. The third kappa shape index (κ3) is 3.91. The van der Waals surface area contributed by atoms with E-state index in [0.29, 0.717) is 10.1 Å². The number of benzene rings is 2. The third-order valence-corrected chi connectivity index (χ3v) is 5.28. The molecule has 3 rings (SSSR count). The molecule has 9 heteroatoms. The summed E-state index contributed by atoms with van der Waals surface area (Å²) >= 11 is 7.04. The van der Waals surface area contributed by atoms with Gasteiger partial charge < -0.3 is 10.1 Å². The van der Waals surface area contributed by atoms with Crippen LogP contribution < -0.4 is 5.32 Å². The second-order valence-corrected chi connectivity index (χ2v) is 6.95. The number of amides is 1. The highest BCUT2D eigenvalue weighted by Gasteiger charge is 2.25. The fraction of sp³-hybridized carbons (Fsp3) is 0.111. The van der Waals surface area contributed by atoms with Crippen molar-refractivity contribution in [3.63, 3.8) is 0 Å². The molecule has 0 saturated heterocycles. The second kappa shape index (κ2) is 7.58. The summed E-state index contributed by atoms with van der Waals surface area (Å²) in [5, 5.41) is 2.59. The number of halogens is 4. The molecule has 0 spiro atoms. The van der Waals surface area contributed by atoms with Crippen LogP contribution >= 0.6 is 22.9 Å². The average molecular weight is 414 g/mol. The summed E-state index contributed by atoms with van der Waals surface area (Å²) in [6, 6.07) is 6.96. The summed E-state index contributed by atoms with van der Waals surface area (Å²) < 4.78 is 46.0. The van der Waals surface area contributed by atoms with Gasteiger partial charge in [-0.15, -0.1) is 11.3 Å². The summed E-state index contributed by atoms with van der Waals surface area (Å²) in [4.78, 5) is 24.4. The number of para-hydroxylation sites is 1. The van der Waals surface area contributed by atoms with E-state index in [1.807, 2.05) is 5.32 Å². The summed E-state index contributed by atoms with van der Waals surface area (Å²) in [6.07, 6.45) is -1.35. The summed E-state index contributed by atoms with van der Waals surface area (Å²) in [7, 11) is 0. The molecule has 0 saturated carbocycles. The van der Waals surface area contributed by atoms with Gasteiger partial charge in [0.05, 0.1) is 5.02 Å². The van der Waals surface area contributed by atoms with Crippen molar-refractivity contribution in [2.24, 2.45) is 0 Å². The lowest BCUT2D eigenvalue weighted by molar-refractivity contribution is -0.123. The van der Waals surface area contributed by atoms with Gasteiger partial charge in [0, 0.05) is 10.1 Å². The smallest absolute Gasteiger partial charge is 0.350 e. The normalized spacial score (nSPS) is 12.0. The highest BCUT2D eigenvalue weighted by molar-refractivity contribution is 7.21. The average Bonchev–Trinajstić information content (AvgIpc) is 2.94. The first kappa shape index (κ1) is 19.2. The zero-order valence-corrected chi connectivity index (χ0v) is 15.3. The van der Waals surface area contributed by atoms with Crippen molar-refractivity contribution < 1.29 is 27.5 Å². The lowest BCUT2D eigenvalue weighted by Gasteiger charge is -2.14. The van der Waals surface area contributed by atoms with Crippen molar-refractivity contribution in [3.8, 4) is 0 Å².